The number of nitrogens with one attached hydrogen (secondary N) is 1. The van der Waals surface area contributed by atoms with Crippen LogP contribution in [0.15, 0.2) is 36.4 Å². The Morgan fingerprint density at radius 2 is 1.83 bits per heavy atom. The van der Waals surface area contributed by atoms with Crippen molar-refractivity contribution in [2.24, 2.45) is 29.6 Å². The van der Waals surface area contributed by atoms with Crippen molar-refractivity contribution in [2.45, 2.75) is 33.6 Å². The number of benzene rings is 1. The van der Waals surface area contributed by atoms with E-state index in [1.54, 1.807) is 0 Å². The molecule has 0 radical (unpaired) electrons. The number of aliphatic carboxylic acids is 1. The SMILES string of the molecule is Cc1sc(NC(=O)[C@H]2[C@H](C(=O)O)[C@H]3C=C[C@H]2C3)nc1-c1ccc(CC(C)C)cc1. The number of carboxylic acid groups (broad SMARTS) is 1. The number of aromatic nitrogens is 1. The van der Waals surface area contributed by atoms with E-state index in [1.807, 2.05) is 19.1 Å². The highest BCUT2D eigenvalue weighted by molar-refractivity contribution is 7.16. The zero-order valence-electron chi connectivity index (χ0n) is 16.9. The lowest BCUT2D eigenvalue weighted by molar-refractivity contribution is -0.146. The Bertz CT molecular complexity index is 961. The molecule has 0 aliphatic heterocycles. The number of rotatable bonds is 6. The Hall–Kier alpha value is -2.47. The van der Waals surface area contributed by atoms with E-state index in [0.29, 0.717) is 11.0 Å². The molecular weight excluding hydrogens is 384 g/mol. The lowest BCUT2D eigenvalue weighted by Gasteiger charge is -2.23. The van der Waals surface area contributed by atoms with Crippen LogP contribution in [-0.2, 0) is 16.0 Å². The highest BCUT2D eigenvalue weighted by Gasteiger charge is 2.51. The molecule has 0 unspecified atom stereocenters. The van der Waals surface area contributed by atoms with E-state index < -0.39 is 17.8 Å². The summed E-state index contributed by atoms with van der Waals surface area (Å²) >= 11 is 1.43. The summed E-state index contributed by atoms with van der Waals surface area (Å²) in [6.07, 6.45) is 5.73. The third kappa shape index (κ3) is 3.86. The van der Waals surface area contributed by atoms with Gasteiger partial charge in [0.05, 0.1) is 17.5 Å². The van der Waals surface area contributed by atoms with Gasteiger partial charge in [-0.2, -0.15) is 0 Å². The second kappa shape index (κ2) is 7.75. The molecular formula is C23H26N2O3S. The van der Waals surface area contributed by atoms with Gasteiger partial charge in [-0.3, -0.25) is 9.59 Å². The minimum Gasteiger partial charge on any atom is -0.481 e. The third-order valence-corrected chi connectivity index (χ3v) is 6.83. The molecule has 1 amide bonds. The summed E-state index contributed by atoms with van der Waals surface area (Å²) in [5.41, 5.74) is 3.19. The van der Waals surface area contributed by atoms with Crippen molar-refractivity contribution in [2.75, 3.05) is 5.32 Å². The minimum atomic E-state index is -0.889. The topological polar surface area (TPSA) is 79.3 Å². The van der Waals surface area contributed by atoms with Crippen LogP contribution in [-0.4, -0.2) is 22.0 Å². The number of carboxylic acids is 1. The van der Waals surface area contributed by atoms with Gasteiger partial charge in [-0.05, 0) is 43.1 Å². The molecule has 29 heavy (non-hydrogen) atoms. The number of thiazole rings is 1. The van der Waals surface area contributed by atoms with Crippen LogP contribution < -0.4 is 5.32 Å². The highest BCUT2D eigenvalue weighted by atomic mass is 32.1. The lowest BCUT2D eigenvalue weighted by atomic mass is 9.82. The largest absolute Gasteiger partial charge is 0.481 e. The van der Waals surface area contributed by atoms with Crippen LogP contribution in [0.2, 0.25) is 0 Å². The molecule has 1 aromatic carbocycles. The molecule has 1 saturated carbocycles. The standard InChI is InChI=1S/C23H26N2O3S/c1-12(2)10-14-4-6-15(7-5-14)20-13(3)29-23(24-20)25-21(26)18-16-8-9-17(11-16)19(18)22(27)28/h4-9,12,16-19H,10-11H2,1-3H3,(H,27,28)(H,24,25,26)/t16-,17-,18+,19+/m0/s1. The van der Waals surface area contributed by atoms with Crippen molar-refractivity contribution in [3.8, 4) is 11.3 Å². The van der Waals surface area contributed by atoms with Crippen molar-refractivity contribution in [3.05, 3.63) is 46.9 Å². The fraction of sp³-hybridized carbons (Fsp3) is 0.435. The summed E-state index contributed by atoms with van der Waals surface area (Å²) in [5.74, 6) is -1.70. The van der Waals surface area contributed by atoms with E-state index in [0.717, 1.165) is 29.0 Å². The molecule has 2 aromatic rings. The van der Waals surface area contributed by atoms with Gasteiger partial charge in [0.1, 0.15) is 0 Å². The number of allylic oxidation sites excluding steroid dienone is 2. The summed E-state index contributed by atoms with van der Waals surface area (Å²) < 4.78 is 0. The van der Waals surface area contributed by atoms with E-state index in [9.17, 15) is 14.7 Å². The zero-order valence-corrected chi connectivity index (χ0v) is 17.7. The maximum absolute atomic E-state index is 12.9. The average Bonchev–Trinajstić information content (AvgIpc) is 3.36. The Morgan fingerprint density at radius 3 is 2.45 bits per heavy atom. The number of hydrogen-bond donors (Lipinski definition) is 2. The van der Waals surface area contributed by atoms with Crippen molar-refractivity contribution in [1.29, 1.82) is 0 Å². The third-order valence-electron chi connectivity index (χ3n) is 5.95. The summed E-state index contributed by atoms with van der Waals surface area (Å²) in [4.78, 5) is 30.2. The first kappa shape index (κ1) is 19.8. The predicted octanol–water partition coefficient (Wildman–Crippen LogP) is 4.78. The molecule has 4 rings (SSSR count). The monoisotopic (exact) mass is 410 g/mol. The van der Waals surface area contributed by atoms with Gasteiger partial charge >= 0.3 is 5.97 Å². The summed E-state index contributed by atoms with van der Waals surface area (Å²) in [6, 6.07) is 8.41. The van der Waals surface area contributed by atoms with Gasteiger partial charge in [0.2, 0.25) is 5.91 Å². The minimum absolute atomic E-state index is 0.00938. The molecule has 1 fully saturated rings. The highest BCUT2D eigenvalue weighted by Crippen LogP contribution is 2.48. The van der Waals surface area contributed by atoms with E-state index in [-0.39, 0.29) is 17.7 Å². The van der Waals surface area contributed by atoms with Crippen molar-refractivity contribution >= 4 is 28.3 Å². The van der Waals surface area contributed by atoms with Crippen LogP contribution >= 0.6 is 11.3 Å². The molecule has 5 nitrogen and oxygen atoms in total. The normalized spacial score (nSPS) is 25.0. The van der Waals surface area contributed by atoms with Crippen LogP contribution in [0.25, 0.3) is 11.3 Å². The Labute approximate surface area is 174 Å². The van der Waals surface area contributed by atoms with Crippen LogP contribution in [0.1, 0.15) is 30.7 Å². The Kier molecular flexibility index (Phi) is 5.30. The fourth-order valence-corrected chi connectivity index (χ4v) is 5.53. The smallest absolute Gasteiger partial charge is 0.307 e. The molecule has 6 heteroatoms. The summed E-state index contributed by atoms with van der Waals surface area (Å²) in [5, 5.41) is 13.0. The molecule has 1 aromatic heterocycles. The van der Waals surface area contributed by atoms with Gasteiger partial charge in [0.15, 0.2) is 5.13 Å². The van der Waals surface area contributed by atoms with Gasteiger partial charge in [0, 0.05) is 10.4 Å². The Morgan fingerprint density at radius 1 is 1.17 bits per heavy atom. The fourth-order valence-electron chi connectivity index (χ4n) is 4.69. The number of amides is 1. The van der Waals surface area contributed by atoms with E-state index >= 15 is 0 Å². The van der Waals surface area contributed by atoms with Crippen LogP contribution in [0.3, 0.4) is 0 Å². The second-order valence-corrected chi connectivity index (χ2v) is 9.75. The van der Waals surface area contributed by atoms with E-state index in [1.165, 1.54) is 16.9 Å². The van der Waals surface area contributed by atoms with Gasteiger partial charge < -0.3 is 10.4 Å². The van der Waals surface area contributed by atoms with Crippen molar-refractivity contribution in [1.82, 2.24) is 4.98 Å². The zero-order chi connectivity index (χ0) is 20.7. The first-order valence-electron chi connectivity index (χ1n) is 10.1. The van der Waals surface area contributed by atoms with Crippen LogP contribution in [0.4, 0.5) is 5.13 Å². The second-order valence-electron chi connectivity index (χ2n) is 8.55. The number of carbonyl (C=O) groups is 2. The maximum Gasteiger partial charge on any atom is 0.307 e. The first-order valence-corrected chi connectivity index (χ1v) is 10.9. The number of fused-ring (bicyclic) bond motifs is 2. The number of carbonyl (C=O) groups excluding carboxylic acids is 1. The lowest BCUT2D eigenvalue weighted by Crippen LogP contribution is -2.36. The molecule has 152 valence electrons. The molecule has 2 aliphatic rings. The van der Waals surface area contributed by atoms with Crippen molar-refractivity contribution in [3.63, 3.8) is 0 Å². The molecule has 4 atom stereocenters. The van der Waals surface area contributed by atoms with Crippen LogP contribution in [0.5, 0.6) is 0 Å². The molecule has 2 N–H and O–H groups in total. The molecule has 1 heterocycles. The first-order chi connectivity index (χ1) is 13.8. The van der Waals surface area contributed by atoms with Gasteiger partial charge in [0.25, 0.3) is 0 Å². The molecule has 0 saturated heterocycles. The molecule has 0 spiro atoms. The maximum atomic E-state index is 12.9. The van der Waals surface area contributed by atoms with E-state index in [4.69, 9.17) is 0 Å². The number of aryl methyl sites for hydroxylation is 1. The quantitative estimate of drug-likeness (QED) is 0.672. The molecule has 2 aliphatic carbocycles. The number of hydrogen-bond acceptors (Lipinski definition) is 4. The number of nitrogens with zero attached hydrogens (tertiary/aromatic N) is 1. The van der Waals surface area contributed by atoms with E-state index in [2.05, 4.69) is 48.4 Å². The van der Waals surface area contributed by atoms with Crippen LogP contribution in [0, 0.1) is 36.5 Å². The summed E-state index contributed by atoms with van der Waals surface area (Å²) in [7, 11) is 0. The Balaban J connectivity index is 1.50. The molecule has 2 bridgehead atoms. The summed E-state index contributed by atoms with van der Waals surface area (Å²) in [6.45, 7) is 6.40. The average molecular weight is 411 g/mol. The number of anilines is 1. The van der Waals surface area contributed by atoms with Gasteiger partial charge in [-0.15, -0.1) is 11.3 Å². The van der Waals surface area contributed by atoms with Gasteiger partial charge in [-0.25, -0.2) is 4.98 Å². The van der Waals surface area contributed by atoms with Crippen molar-refractivity contribution < 1.29 is 14.7 Å². The predicted molar refractivity (Wildman–Crippen MR) is 115 cm³/mol. The van der Waals surface area contributed by atoms with Gasteiger partial charge in [-0.1, -0.05) is 50.3 Å².